The van der Waals surface area contributed by atoms with Gasteiger partial charge in [-0.3, -0.25) is 24.5 Å². The molecular formula is C36H38N4O7. The number of aliphatic hydroxyl groups is 2. The summed E-state index contributed by atoms with van der Waals surface area (Å²) >= 11 is 0. The topological polar surface area (TPSA) is 145 Å². The molecule has 3 aliphatic rings. The minimum atomic E-state index is -2.13. The van der Waals surface area contributed by atoms with Crippen LogP contribution in [-0.4, -0.2) is 57.0 Å². The quantitative estimate of drug-likeness (QED) is 0.201. The number of nitro groups is 1. The van der Waals surface area contributed by atoms with Gasteiger partial charge in [-0.1, -0.05) is 55.5 Å². The summed E-state index contributed by atoms with van der Waals surface area (Å²) in [6.45, 7) is 2.55. The van der Waals surface area contributed by atoms with Gasteiger partial charge in [-0.15, -0.1) is 0 Å². The minimum Gasteiger partial charge on any atom is -0.394 e. The molecule has 3 aliphatic heterocycles. The molecule has 0 spiro atoms. The number of aliphatic hydroxyl groups excluding tert-OH is 1. The van der Waals surface area contributed by atoms with Gasteiger partial charge in [0.2, 0.25) is 11.8 Å². The highest BCUT2D eigenvalue weighted by molar-refractivity contribution is 6.07. The lowest BCUT2D eigenvalue weighted by molar-refractivity contribution is -0.385. The van der Waals surface area contributed by atoms with Crippen LogP contribution >= 0.6 is 0 Å². The lowest BCUT2D eigenvalue weighted by Crippen LogP contribution is -2.46. The fourth-order valence-electron chi connectivity index (χ4n) is 6.96. The van der Waals surface area contributed by atoms with Crippen molar-refractivity contribution in [1.82, 2.24) is 4.90 Å². The van der Waals surface area contributed by atoms with Crippen molar-refractivity contribution < 1.29 is 29.5 Å². The Balaban J connectivity index is 1.23. The van der Waals surface area contributed by atoms with E-state index in [0.717, 1.165) is 35.2 Å². The third-order valence-electron chi connectivity index (χ3n) is 9.61. The molecule has 3 amide bonds. The molecule has 47 heavy (non-hydrogen) atoms. The van der Waals surface area contributed by atoms with Gasteiger partial charge in [0.25, 0.3) is 11.6 Å². The molecule has 3 aromatic carbocycles. The Morgan fingerprint density at radius 1 is 1.09 bits per heavy atom. The number of anilines is 2. The van der Waals surface area contributed by atoms with Crippen LogP contribution in [-0.2, 0) is 39.5 Å². The SMILES string of the molecule is C[C@@H](/C=C/CC(=O)N1Cc2ccccc2C[C@H]1CO)[C@]1(O)C(=O)N(Cc2cccc(N3CCCCC3=O)c2)c2ccc([N+](=O)[O-])cc21. The number of non-ortho nitro benzene ring substituents is 1. The number of hydrogen-bond acceptors (Lipinski definition) is 7. The summed E-state index contributed by atoms with van der Waals surface area (Å²) in [7, 11) is 0. The third-order valence-corrected chi connectivity index (χ3v) is 9.61. The molecule has 0 radical (unpaired) electrons. The van der Waals surface area contributed by atoms with E-state index >= 15 is 0 Å². The highest BCUT2D eigenvalue weighted by atomic mass is 16.6. The summed E-state index contributed by atoms with van der Waals surface area (Å²) in [4.78, 5) is 55.9. The molecule has 0 bridgehead atoms. The second-order valence-corrected chi connectivity index (χ2v) is 12.5. The van der Waals surface area contributed by atoms with Crippen molar-refractivity contribution in [3.63, 3.8) is 0 Å². The first-order chi connectivity index (χ1) is 22.6. The molecule has 0 saturated carbocycles. The Labute approximate surface area is 272 Å². The van der Waals surface area contributed by atoms with Crippen LogP contribution in [0.15, 0.2) is 78.9 Å². The second-order valence-electron chi connectivity index (χ2n) is 12.5. The summed E-state index contributed by atoms with van der Waals surface area (Å²) in [5.41, 5.74) is 1.70. The number of rotatable bonds is 9. The number of nitro benzene ring substituents is 1. The van der Waals surface area contributed by atoms with Crippen LogP contribution < -0.4 is 9.80 Å². The van der Waals surface area contributed by atoms with Crippen LogP contribution in [0.4, 0.5) is 17.1 Å². The normalized spacial score (nSPS) is 21.6. The largest absolute Gasteiger partial charge is 0.394 e. The number of carbonyl (C=O) groups excluding carboxylic acids is 3. The maximum Gasteiger partial charge on any atom is 0.269 e. The number of fused-ring (bicyclic) bond motifs is 2. The molecule has 6 rings (SSSR count). The zero-order valence-electron chi connectivity index (χ0n) is 26.2. The summed E-state index contributed by atoms with van der Waals surface area (Å²) in [6, 6.07) is 18.9. The number of piperidine rings is 1. The number of carbonyl (C=O) groups is 3. The first-order valence-electron chi connectivity index (χ1n) is 16.0. The summed E-state index contributed by atoms with van der Waals surface area (Å²) in [5, 5.41) is 33.8. The zero-order chi connectivity index (χ0) is 33.3. The Kier molecular flexibility index (Phi) is 8.94. The van der Waals surface area contributed by atoms with Gasteiger partial charge in [-0.2, -0.15) is 0 Å². The van der Waals surface area contributed by atoms with Gasteiger partial charge in [0.1, 0.15) is 0 Å². The van der Waals surface area contributed by atoms with Crippen molar-refractivity contribution >= 4 is 34.8 Å². The van der Waals surface area contributed by atoms with Crippen LogP contribution in [0.25, 0.3) is 0 Å². The third kappa shape index (κ3) is 6.04. The van der Waals surface area contributed by atoms with Crippen LogP contribution in [0.3, 0.4) is 0 Å². The molecule has 3 aromatic rings. The van der Waals surface area contributed by atoms with E-state index in [-0.39, 0.29) is 48.7 Å². The first-order valence-corrected chi connectivity index (χ1v) is 16.0. The molecule has 0 aromatic heterocycles. The molecule has 2 N–H and O–H groups in total. The number of benzene rings is 3. The van der Waals surface area contributed by atoms with E-state index in [1.54, 1.807) is 28.9 Å². The van der Waals surface area contributed by atoms with E-state index < -0.39 is 22.3 Å². The molecule has 1 fully saturated rings. The van der Waals surface area contributed by atoms with Crippen LogP contribution in [0.1, 0.15) is 54.9 Å². The Bertz CT molecular complexity index is 1760. The van der Waals surface area contributed by atoms with E-state index in [1.165, 1.54) is 23.1 Å². The molecule has 0 aliphatic carbocycles. The van der Waals surface area contributed by atoms with Crippen LogP contribution in [0.2, 0.25) is 0 Å². The maximum atomic E-state index is 14.1. The van der Waals surface area contributed by atoms with Crippen molar-refractivity contribution in [3.05, 3.63) is 111 Å². The summed E-state index contributed by atoms with van der Waals surface area (Å²) in [6.07, 6.45) is 5.98. The molecule has 11 nitrogen and oxygen atoms in total. The predicted molar refractivity (Wildman–Crippen MR) is 175 cm³/mol. The van der Waals surface area contributed by atoms with Gasteiger partial charge < -0.3 is 24.9 Å². The van der Waals surface area contributed by atoms with Gasteiger partial charge in [-0.25, -0.2) is 0 Å². The van der Waals surface area contributed by atoms with Crippen molar-refractivity contribution in [2.75, 3.05) is 23.0 Å². The lowest BCUT2D eigenvalue weighted by Gasteiger charge is -2.36. The second kappa shape index (κ2) is 13.1. The van der Waals surface area contributed by atoms with E-state index in [0.29, 0.717) is 31.6 Å². The van der Waals surface area contributed by atoms with Crippen molar-refractivity contribution in [2.45, 2.75) is 63.8 Å². The lowest BCUT2D eigenvalue weighted by atomic mass is 9.82. The molecule has 3 heterocycles. The minimum absolute atomic E-state index is 0.0131. The highest BCUT2D eigenvalue weighted by Gasteiger charge is 2.53. The van der Waals surface area contributed by atoms with E-state index in [1.807, 2.05) is 48.5 Å². The predicted octanol–water partition coefficient (Wildman–Crippen LogP) is 4.37. The molecular weight excluding hydrogens is 600 g/mol. The van der Waals surface area contributed by atoms with Crippen molar-refractivity contribution in [1.29, 1.82) is 0 Å². The fraction of sp³-hybridized carbons (Fsp3) is 0.361. The van der Waals surface area contributed by atoms with Crippen molar-refractivity contribution in [3.8, 4) is 0 Å². The Hall–Kier alpha value is -4.87. The molecule has 0 unspecified atom stereocenters. The van der Waals surface area contributed by atoms with Gasteiger partial charge in [0, 0.05) is 55.2 Å². The smallest absolute Gasteiger partial charge is 0.269 e. The summed E-state index contributed by atoms with van der Waals surface area (Å²) in [5.74, 6) is -1.63. The van der Waals surface area contributed by atoms with E-state index in [4.69, 9.17) is 0 Å². The van der Waals surface area contributed by atoms with Gasteiger partial charge in [0.05, 0.1) is 29.8 Å². The van der Waals surface area contributed by atoms with Gasteiger partial charge in [-0.05, 0) is 54.2 Å². The van der Waals surface area contributed by atoms with Crippen LogP contribution in [0.5, 0.6) is 0 Å². The number of nitrogens with zero attached hydrogens (tertiary/aromatic N) is 4. The van der Waals surface area contributed by atoms with Gasteiger partial charge >= 0.3 is 0 Å². The van der Waals surface area contributed by atoms with Crippen molar-refractivity contribution in [2.24, 2.45) is 5.92 Å². The molecule has 244 valence electrons. The van der Waals surface area contributed by atoms with Gasteiger partial charge in [0.15, 0.2) is 5.60 Å². The molecule has 3 atom stereocenters. The number of hydrogen-bond donors (Lipinski definition) is 2. The maximum absolute atomic E-state index is 14.1. The standard InChI is InChI=1S/C36H38N4O7/c1-24(8-6-14-34(43)38-22-27-11-3-2-10-26(27)19-30(38)23-41)36(45)31-20-29(40(46)47)15-16-32(31)39(35(36)44)21-25-9-7-12-28(18-25)37-17-5-4-13-33(37)42/h2-3,6-12,15-16,18,20,24,30,41,45H,4-5,13-14,17,19,21-23H2,1H3/b8-6+/t24-,30-,36+/m0/s1. The van der Waals surface area contributed by atoms with E-state index in [9.17, 15) is 34.7 Å². The average molecular weight is 639 g/mol. The Morgan fingerprint density at radius 2 is 1.87 bits per heavy atom. The first kappa shape index (κ1) is 32.1. The summed E-state index contributed by atoms with van der Waals surface area (Å²) < 4.78 is 0. The molecule has 1 saturated heterocycles. The highest BCUT2D eigenvalue weighted by Crippen LogP contribution is 2.47. The van der Waals surface area contributed by atoms with E-state index in [2.05, 4.69) is 0 Å². The van der Waals surface area contributed by atoms with Crippen LogP contribution in [0, 0.1) is 16.0 Å². The zero-order valence-corrected chi connectivity index (χ0v) is 26.2. The monoisotopic (exact) mass is 638 g/mol. The number of amides is 3. The Morgan fingerprint density at radius 3 is 2.62 bits per heavy atom. The average Bonchev–Trinajstić information content (AvgIpc) is 3.29. The fourth-order valence-corrected chi connectivity index (χ4v) is 6.96. The molecule has 11 heteroatoms.